The summed E-state index contributed by atoms with van der Waals surface area (Å²) in [6.45, 7) is 0. The van der Waals surface area contributed by atoms with Gasteiger partial charge in [0.15, 0.2) is 0 Å². The Kier molecular flexibility index (Phi) is 6.88. The van der Waals surface area contributed by atoms with Gasteiger partial charge in [-0.3, -0.25) is 4.55 Å². The Bertz CT molecular complexity index is 595. The number of nitrogen functional groups attached to an aromatic ring is 1. The first-order valence-corrected chi connectivity index (χ1v) is 6.30. The van der Waals surface area contributed by atoms with Gasteiger partial charge in [0.25, 0.3) is 10.1 Å². The summed E-state index contributed by atoms with van der Waals surface area (Å²) < 4.78 is 61.5. The minimum Gasteiger partial charge on any atom is -0.744 e. The van der Waals surface area contributed by atoms with Crippen molar-refractivity contribution in [3.05, 3.63) is 18.2 Å². The largest absolute Gasteiger partial charge is 1.00 e. The fourth-order valence-corrected chi connectivity index (χ4v) is 2.01. The van der Waals surface area contributed by atoms with Gasteiger partial charge in [0.1, 0.15) is 10.1 Å². The first-order chi connectivity index (χ1) is 6.62. The van der Waals surface area contributed by atoms with E-state index in [2.05, 4.69) is 0 Å². The number of nitrogens with two attached hydrogens (primary N) is 1. The minimum atomic E-state index is -4.75. The normalized spacial score (nSPS) is 11.2. The molecule has 0 aliphatic rings. The Hall–Kier alpha value is -0.200. The van der Waals surface area contributed by atoms with Crippen LogP contribution in [0.2, 0.25) is 0 Å². The second-order valence-corrected chi connectivity index (χ2v) is 5.40. The van der Waals surface area contributed by atoms with E-state index in [-0.39, 0.29) is 35.0 Å². The van der Waals surface area contributed by atoms with Crippen LogP contribution in [-0.2, 0) is 20.2 Å². The van der Waals surface area contributed by atoms with E-state index in [9.17, 15) is 21.4 Å². The molecule has 11 heteroatoms. The van der Waals surface area contributed by atoms with E-state index >= 15 is 0 Å². The fourth-order valence-electron chi connectivity index (χ4n) is 0.915. The molecule has 0 bridgehead atoms. The van der Waals surface area contributed by atoms with Crippen molar-refractivity contribution < 1.29 is 61.0 Å². The molecular formula is C6H8NNaO7S2. The summed E-state index contributed by atoms with van der Waals surface area (Å²) in [4.78, 5) is -1.30. The van der Waals surface area contributed by atoms with E-state index in [0.717, 1.165) is 12.1 Å². The molecule has 0 saturated carbocycles. The van der Waals surface area contributed by atoms with Gasteiger partial charge in [0.2, 0.25) is 0 Å². The van der Waals surface area contributed by atoms with E-state index in [1.807, 2.05) is 0 Å². The number of hydrogen-bond donors (Lipinski definition) is 2. The van der Waals surface area contributed by atoms with Crippen LogP contribution in [0.25, 0.3) is 0 Å². The molecule has 0 atom stereocenters. The van der Waals surface area contributed by atoms with E-state index in [1.165, 1.54) is 0 Å². The van der Waals surface area contributed by atoms with E-state index in [1.54, 1.807) is 0 Å². The zero-order valence-electron chi connectivity index (χ0n) is 8.61. The maximum atomic E-state index is 10.6. The quantitative estimate of drug-likeness (QED) is 0.315. The number of hydrogen-bond acceptors (Lipinski definition) is 6. The predicted molar refractivity (Wildman–Crippen MR) is 52.2 cm³/mol. The van der Waals surface area contributed by atoms with Crippen LogP contribution in [0.1, 0.15) is 0 Å². The molecule has 0 saturated heterocycles. The molecule has 1 aromatic carbocycles. The third-order valence-corrected chi connectivity index (χ3v) is 3.31. The average molecular weight is 293 g/mol. The molecule has 17 heavy (non-hydrogen) atoms. The van der Waals surface area contributed by atoms with Gasteiger partial charge in [0.05, 0.1) is 15.5 Å². The van der Waals surface area contributed by atoms with Gasteiger partial charge in [-0.05, 0) is 18.2 Å². The Morgan fingerprint density at radius 3 is 1.94 bits per heavy atom. The molecule has 0 aromatic heterocycles. The molecule has 0 fully saturated rings. The molecule has 0 radical (unpaired) electrons. The van der Waals surface area contributed by atoms with Gasteiger partial charge in [-0.2, -0.15) is 8.42 Å². The molecule has 0 heterocycles. The zero-order valence-corrected chi connectivity index (χ0v) is 12.2. The molecule has 0 aliphatic heterocycles. The Morgan fingerprint density at radius 1 is 1.18 bits per heavy atom. The van der Waals surface area contributed by atoms with Crippen molar-refractivity contribution in [1.82, 2.24) is 0 Å². The molecule has 8 nitrogen and oxygen atoms in total. The fraction of sp³-hybridized carbons (Fsp3) is 0. The van der Waals surface area contributed by atoms with Crippen LogP contribution in [-0.4, -0.2) is 31.4 Å². The molecule has 0 spiro atoms. The van der Waals surface area contributed by atoms with Gasteiger partial charge in [0, 0.05) is 0 Å². The van der Waals surface area contributed by atoms with Crippen LogP contribution in [0.4, 0.5) is 5.69 Å². The van der Waals surface area contributed by atoms with Crippen molar-refractivity contribution in [3.8, 4) is 0 Å². The predicted octanol–water partition coefficient (Wildman–Crippen LogP) is -4.40. The van der Waals surface area contributed by atoms with Crippen LogP contribution >= 0.6 is 0 Å². The van der Waals surface area contributed by atoms with Crippen molar-refractivity contribution in [3.63, 3.8) is 0 Å². The van der Waals surface area contributed by atoms with E-state index < -0.39 is 35.7 Å². The first kappa shape index (κ1) is 19.1. The molecule has 92 valence electrons. The summed E-state index contributed by atoms with van der Waals surface area (Å²) in [6, 6.07) is 2.19. The smallest absolute Gasteiger partial charge is 0.744 e. The van der Waals surface area contributed by atoms with Crippen LogP contribution in [0.15, 0.2) is 28.0 Å². The summed E-state index contributed by atoms with van der Waals surface area (Å²) in [7, 11) is -9.21. The zero-order chi connectivity index (χ0) is 11.9. The monoisotopic (exact) mass is 293 g/mol. The molecule has 0 amide bonds. The molecule has 1 aromatic rings. The molecule has 0 unspecified atom stereocenters. The number of benzene rings is 1. The molecule has 5 N–H and O–H groups in total. The number of anilines is 1. The molecule has 0 aliphatic carbocycles. The van der Waals surface area contributed by atoms with Crippen molar-refractivity contribution >= 4 is 25.9 Å². The third kappa shape index (κ3) is 4.89. The second-order valence-electron chi connectivity index (χ2n) is 2.63. The topological polar surface area (TPSA) is 169 Å². The van der Waals surface area contributed by atoms with Crippen LogP contribution in [0, 0.1) is 0 Å². The Labute approximate surface area is 120 Å². The van der Waals surface area contributed by atoms with Gasteiger partial charge in [-0.25, -0.2) is 8.42 Å². The van der Waals surface area contributed by atoms with E-state index in [4.69, 9.17) is 10.3 Å². The van der Waals surface area contributed by atoms with E-state index in [0.29, 0.717) is 6.07 Å². The van der Waals surface area contributed by atoms with Gasteiger partial charge >= 0.3 is 29.6 Å². The SMILES string of the molecule is Nc1cc(S(=O)(=O)O)ccc1S(=O)(=O)[O-].O.[Na+]. The maximum Gasteiger partial charge on any atom is 1.00 e. The summed E-state index contributed by atoms with van der Waals surface area (Å²) in [5.41, 5.74) is 4.62. The van der Waals surface area contributed by atoms with Crippen LogP contribution < -0.4 is 35.3 Å². The Balaban J connectivity index is 0. The van der Waals surface area contributed by atoms with Crippen molar-refractivity contribution in [2.75, 3.05) is 5.73 Å². The van der Waals surface area contributed by atoms with Crippen molar-refractivity contribution in [1.29, 1.82) is 0 Å². The Morgan fingerprint density at radius 2 is 1.65 bits per heavy atom. The summed E-state index contributed by atoms with van der Waals surface area (Å²) in [5, 5.41) is 0. The molecule has 1 rings (SSSR count). The summed E-state index contributed by atoms with van der Waals surface area (Å²) >= 11 is 0. The summed E-state index contributed by atoms with van der Waals surface area (Å²) in [6.07, 6.45) is 0. The average Bonchev–Trinajstić information content (AvgIpc) is 1.99. The van der Waals surface area contributed by atoms with Crippen molar-refractivity contribution in [2.45, 2.75) is 9.79 Å². The van der Waals surface area contributed by atoms with Crippen LogP contribution in [0.5, 0.6) is 0 Å². The van der Waals surface area contributed by atoms with Gasteiger partial charge in [-0.15, -0.1) is 0 Å². The second kappa shape index (κ2) is 6.11. The third-order valence-electron chi connectivity index (χ3n) is 1.55. The minimum absolute atomic E-state index is 0. The maximum absolute atomic E-state index is 10.6. The number of rotatable bonds is 2. The molecular weight excluding hydrogens is 285 g/mol. The van der Waals surface area contributed by atoms with Crippen LogP contribution in [0.3, 0.4) is 0 Å². The first-order valence-electron chi connectivity index (χ1n) is 3.45. The van der Waals surface area contributed by atoms with Crippen molar-refractivity contribution in [2.24, 2.45) is 0 Å². The standard InChI is InChI=1S/C6H7NO6S2.Na.H2O/c7-5-3-4(14(8,9)10)1-2-6(5)15(11,12)13;;/h1-3H,7H2,(H,8,9,10)(H,11,12,13);;1H2/q;+1;/p-1. The van der Waals surface area contributed by atoms with Gasteiger partial charge < -0.3 is 15.8 Å². The van der Waals surface area contributed by atoms with Gasteiger partial charge in [-0.1, -0.05) is 0 Å². The summed E-state index contributed by atoms with van der Waals surface area (Å²) in [5.74, 6) is 0.